The van der Waals surface area contributed by atoms with Crippen molar-refractivity contribution >= 4 is 11.8 Å². The average molecular weight is 467 g/mol. The highest BCUT2D eigenvalue weighted by Crippen LogP contribution is 2.14. The maximum atomic E-state index is 12.6. The Morgan fingerprint density at radius 1 is 0.606 bits per heavy atom. The molecule has 33 heavy (non-hydrogen) atoms. The molecule has 196 valence electrons. The van der Waals surface area contributed by atoms with Crippen molar-refractivity contribution in [1.82, 2.24) is 10.6 Å². The number of carbonyl (C=O) groups excluding carboxylic acids is 2. The molecule has 0 aromatic carbocycles. The monoisotopic (exact) mass is 466 g/mol. The van der Waals surface area contributed by atoms with Crippen LogP contribution in [0.2, 0.25) is 0 Å². The molecule has 0 bridgehead atoms. The van der Waals surface area contributed by atoms with Gasteiger partial charge in [0.25, 0.3) is 0 Å². The predicted molar refractivity (Wildman–Crippen MR) is 143 cm³/mol. The molecule has 2 N–H and O–H groups in total. The number of carbonyl (C=O) groups is 2. The molecular weight excluding hydrogens is 408 g/mol. The second-order valence-electron chi connectivity index (χ2n) is 10.1. The van der Waals surface area contributed by atoms with Crippen LogP contribution in [0, 0.1) is 5.92 Å². The molecular formula is C29H58N2O2. The van der Waals surface area contributed by atoms with Crippen molar-refractivity contribution in [3.63, 3.8) is 0 Å². The van der Waals surface area contributed by atoms with E-state index >= 15 is 0 Å². The van der Waals surface area contributed by atoms with Gasteiger partial charge in [0, 0.05) is 13.0 Å². The van der Waals surface area contributed by atoms with E-state index < -0.39 is 6.04 Å². The lowest BCUT2D eigenvalue weighted by atomic mass is 9.98. The number of hydrogen-bond donors (Lipinski definition) is 2. The summed E-state index contributed by atoms with van der Waals surface area (Å²) in [5, 5.41) is 6.01. The van der Waals surface area contributed by atoms with Crippen molar-refractivity contribution in [3.8, 4) is 0 Å². The van der Waals surface area contributed by atoms with E-state index in [9.17, 15) is 9.59 Å². The summed E-state index contributed by atoms with van der Waals surface area (Å²) in [7, 11) is 0. The molecule has 0 aromatic heterocycles. The lowest BCUT2D eigenvalue weighted by Gasteiger charge is -2.23. The highest BCUT2D eigenvalue weighted by atomic mass is 16.2. The van der Waals surface area contributed by atoms with E-state index in [0.717, 1.165) is 32.2 Å². The molecule has 0 aromatic rings. The Kier molecular flexibility index (Phi) is 23.3. The normalized spacial score (nSPS) is 13.0. The fraction of sp³-hybridized carbons (Fsp3) is 0.931. The maximum absolute atomic E-state index is 12.6. The standard InChI is InChI=1S/C29H58N2O2/c1-5-8-10-11-12-13-14-15-16-17-18-19-20-21-22-23-25-30-29(33)28(26(4)7-3)31-27(32)24-9-6-2/h26,28H,5-25H2,1-4H3,(H,30,33)(H,31,32). The highest BCUT2D eigenvalue weighted by molar-refractivity contribution is 5.87. The summed E-state index contributed by atoms with van der Waals surface area (Å²) in [5.74, 6) is 0.135. The Bertz CT molecular complexity index is 453. The zero-order valence-corrected chi connectivity index (χ0v) is 22.8. The Labute approximate surface area is 206 Å². The Balaban J connectivity index is 3.62. The SMILES string of the molecule is CCCCCCCCCCCCCCCCCCNC(=O)C(NC(=O)CCCC)C(C)CC. The maximum Gasteiger partial charge on any atom is 0.242 e. The van der Waals surface area contributed by atoms with E-state index in [1.54, 1.807) is 0 Å². The Morgan fingerprint density at radius 3 is 1.45 bits per heavy atom. The van der Waals surface area contributed by atoms with E-state index in [2.05, 4.69) is 31.4 Å². The minimum atomic E-state index is -0.402. The van der Waals surface area contributed by atoms with Gasteiger partial charge in [0.15, 0.2) is 0 Å². The molecule has 4 heteroatoms. The minimum absolute atomic E-state index is 0.000270. The van der Waals surface area contributed by atoms with Crippen molar-refractivity contribution in [2.45, 2.75) is 162 Å². The van der Waals surface area contributed by atoms with Crippen LogP contribution in [0.5, 0.6) is 0 Å². The quantitative estimate of drug-likeness (QED) is 0.141. The first-order chi connectivity index (χ1) is 16.1. The molecule has 0 spiro atoms. The van der Waals surface area contributed by atoms with E-state index in [4.69, 9.17) is 0 Å². The van der Waals surface area contributed by atoms with Gasteiger partial charge in [0.2, 0.25) is 11.8 Å². The summed E-state index contributed by atoms with van der Waals surface area (Å²) in [5.41, 5.74) is 0. The third-order valence-corrected chi connectivity index (χ3v) is 6.90. The number of rotatable bonds is 24. The van der Waals surface area contributed by atoms with Crippen LogP contribution in [0.1, 0.15) is 156 Å². The third kappa shape index (κ3) is 20.1. The van der Waals surface area contributed by atoms with Crippen molar-refractivity contribution < 1.29 is 9.59 Å². The molecule has 0 heterocycles. The van der Waals surface area contributed by atoms with Crippen molar-refractivity contribution in [1.29, 1.82) is 0 Å². The van der Waals surface area contributed by atoms with Gasteiger partial charge in [-0.15, -0.1) is 0 Å². The lowest BCUT2D eigenvalue weighted by molar-refractivity contribution is -0.130. The van der Waals surface area contributed by atoms with Crippen LogP contribution in [0.15, 0.2) is 0 Å². The van der Waals surface area contributed by atoms with E-state index in [-0.39, 0.29) is 17.7 Å². The first-order valence-electron chi connectivity index (χ1n) is 14.6. The van der Waals surface area contributed by atoms with Gasteiger partial charge >= 0.3 is 0 Å². The van der Waals surface area contributed by atoms with Gasteiger partial charge in [0.05, 0.1) is 0 Å². The first-order valence-corrected chi connectivity index (χ1v) is 14.6. The molecule has 2 amide bonds. The topological polar surface area (TPSA) is 58.2 Å². The number of hydrogen-bond acceptors (Lipinski definition) is 2. The Hall–Kier alpha value is -1.06. The molecule has 0 aliphatic heterocycles. The summed E-state index contributed by atoms with van der Waals surface area (Å²) in [6.07, 6.45) is 24.9. The van der Waals surface area contributed by atoms with Crippen LogP contribution in [0.25, 0.3) is 0 Å². The minimum Gasteiger partial charge on any atom is -0.354 e. The fourth-order valence-corrected chi connectivity index (χ4v) is 4.28. The molecule has 0 aliphatic carbocycles. The van der Waals surface area contributed by atoms with Crippen molar-refractivity contribution in [2.75, 3.05) is 6.54 Å². The van der Waals surface area contributed by atoms with Crippen LogP contribution < -0.4 is 10.6 Å². The zero-order valence-electron chi connectivity index (χ0n) is 22.8. The van der Waals surface area contributed by atoms with Crippen LogP contribution in [0.3, 0.4) is 0 Å². The largest absolute Gasteiger partial charge is 0.354 e. The van der Waals surface area contributed by atoms with Crippen LogP contribution in [0.4, 0.5) is 0 Å². The molecule has 0 aliphatic rings. The van der Waals surface area contributed by atoms with E-state index in [1.165, 1.54) is 96.3 Å². The summed E-state index contributed by atoms with van der Waals surface area (Å²) < 4.78 is 0. The fourth-order valence-electron chi connectivity index (χ4n) is 4.28. The third-order valence-electron chi connectivity index (χ3n) is 6.90. The van der Waals surface area contributed by atoms with E-state index in [1.807, 2.05) is 6.92 Å². The molecule has 0 radical (unpaired) electrons. The molecule has 0 rings (SSSR count). The molecule has 0 fully saturated rings. The van der Waals surface area contributed by atoms with Gasteiger partial charge in [-0.2, -0.15) is 0 Å². The Morgan fingerprint density at radius 2 is 1.03 bits per heavy atom. The highest BCUT2D eigenvalue weighted by Gasteiger charge is 2.25. The van der Waals surface area contributed by atoms with Gasteiger partial charge in [-0.25, -0.2) is 0 Å². The van der Waals surface area contributed by atoms with Gasteiger partial charge < -0.3 is 10.6 Å². The lowest BCUT2D eigenvalue weighted by Crippen LogP contribution is -2.50. The summed E-state index contributed by atoms with van der Waals surface area (Å²) in [6, 6.07) is -0.402. The molecule has 0 saturated heterocycles. The first kappa shape index (κ1) is 31.9. The second-order valence-corrected chi connectivity index (χ2v) is 10.1. The van der Waals surface area contributed by atoms with Gasteiger partial charge in [-0.3, -0.25) is 9.59 Å². The average Bonchev–Trinajstić information content (AvgIpc) is 2.82. The summed E-state index contributed by atoms with van der Waals surface area (Å²) >= 11 is 0. The molecule has 4 nitrogen and oxygen atoms in total. The van der Waals surface area contributed by atoms with E-state index in [0.29, 0.717) is 6.42 Å². The van der Waals surface area contributed by atoms with Gasteiger partial charge in [-0.1, -0.05) is 137 Å². The van der Waals surface area contributed by atoms with Crippen LogP contribution in [-0.2, 0) is 9.59 Å². The zero-order chi connectivity index (χ0) is 24.6. The van der Waals surface area contributed by atoms with Crippen molar-refractivity contribution in [2.24, 2.45) is 5.92 Å². The number of nitrogens with one attached hydrogen (secondary N) is 2. The van der Waals surface area contributed by atoms with Gasteiger partial charge in [0.1, 0.15) is 6.04 Å². The van der Waals surface area contributed by atoms with Crippen LogP contribution >= 0.6 is 0 Å². The summed E-state index contributed by atoms with van der Waals surface area (Å²) in [6.45, 7) is 9.18. The van der Waals surface area contributed by atoms with Crippen molar-refractivity contribution in [3.05, 3.63) is 0 Å². The second kappa shape index (κ2) is 24.1. The number of unbranched alkanes of at least 4 members (excludes halogenated alkanes) is 16. The number of amides is 2. The predicted octanol–water partition coefficient (Wildman–Crippen LogP) is 8.09. The van der Waals surface area contributed by atoms with Gasteiger partial charge in [-0.05, 0) is 18.8 Å². The molecule has 2 atom stereocenters. The molecule has 2 unspecified atom stereocenters. The smallest absolute Gasteiger partial charge is 0.242 e. The molecule has 0 saturated carbocycles. The van der Waals surface area contributed by atoms with Crippen LogP contribution in [-0.4, -0.2) is 24.4 Å². The summed E-state index contributed by atoms with van der Waals surface area (Å²) in [4.78, 5) is 24.7.